The summed E-state index contributed by atoms with van der Waals surface area (Å²) in [6.45, 7) is 0. The second kappa shape index (κ2) is 4.75. The summed E-state index contributed by atoms with van der Waals surface area (Å²) in [6, 6.07) is 8.34. The standard InChI is InChI=1S/C13H6BrF2NO/c14-11-12(16)8(6-17)5-10(13(11)18)7-2-1-3-9(15)4-7/h1-5,18H. The molecule has 0 aliphatic heterocycles. The Bertz CT molecular complexity index is 665. The fraction of sp³-hybridized carbons (Fsp3) is 0. The van der Waals surface area contributed by atoms with Crippen LogP contribution in [-0.4, -0.2) is 5.11 Å². The van der Waals surface area contributed by atoms with Gasteiger partial charge in [-0.15, -0.1) is 0 Å². The number of halogens is 3. The minimum absolute atomic E-state index is 0.194. The molecule has 1 N–H and O–H groups in total. The molecular formula is C13H6BrF2NO. The first-order chi connectivity index (χ1) is 8.54. The number of nitrogens with zero attached hydrogens (tertiary/aromatic N) is 1. The molecule has 2 rings (SSSR count). The van der Waals surface area contributed by atoms with Crippen molar-refractivity contribution in [1.29, 1.82) is 5.26 Å². The van der Waals surface area contributed by atoms with Crippen LogP contribution >= 0.6 is 15.9 Å². The lowest BCUT2D eigenvalue weighted by atomic mass is 10.0. The first-order valence-corrected chi connectivity index (χ1v) is 5.71. The molecule has 2 nitrogen and oxygen atoms in total. The van der Waals surface area contributed by atoms with Crippen molar-refractivity contribution in [3.05, 3.63) is 52.0 Å². The number of hydrogen-bond donors (Lipinski definition) is 1. The summed E-state index contributed by atoms with van der Waals surface area (Å²) in [5.41, 5.74) is 0.336. The van der Waals surface area contributed by atoms with Crippen LogP contribution in [0.15, 0.2) is 34.8 Å². The van der Waals surface area contributed by atoms with Crippen molar-refractivity contribution in [2.75, 3.05) is 0 Å². The SMILES string of the molecule is N#Cc1cc(-c2cccc(F)c2)c(O)c(Br)c1F. The zero-order chi connectivity index (χ0) is 13.3. The van der Waals surface area contributed by atoms with Crippen LogP contribution in [0.5, 0.6) is 5.75 Å². The van der Waals surface area contributed by atoms with E-state index in [4.69, 9.17) is 5.26 Å². The lowest BCUT2D eigenvalue weighted by Gasteiger charge is -2.08. The van der Waals surface area contributed by atoms with Crippen LogP contribution < -0.4 is 0 Å². The third-order valence-electron chi connectivity index (χ3n) is 2.44. The Kier molecular flexibility index (Phi) is 3.30. The van der Waals surface area contributed by atoms with Crippen LogP contribution in [0, 0.1) is 23.0 Å². The molecule has 0 amide bonds. The summed E-state index contributed by atoms with van der Waals surface area (Å²) in [5, 5.41) is 18.6. The number of phenolic OH excluding ortho intramolecular Hbond substituents is 1. The maximum absolute atomic E-state index is 13.5. The predicted octanol–water partition coefficient (Wildman–Crippen LogP) is 3.97. The van der Waals surface area contributed by atoms with E-state index in [2.05, 4.69) is 15.9 Å². The van der Waals surface area contributed by atoms with Crippen molar-refractivity contribution >= 4 is 15.9 Å². The molecule has 0 aliphatic rings. The van der Waals surface area contributed by atoms with Gasteiger partial charge in [-0.25, -0.2) is 8.78 Å². The molecule has 2 aromatic rings. The highest BCUT2D eigenvalue weighted by molar-refractivity contribution is 9.10. The average molecular weight is 310 g/mol. The molecule has 0 saturated heterocycles. The van der Waals surface area contributed by atoms with Crippen molar-refractivity contribution in [2.24, 2.45) is 0 Å². The van der Waals surface area contributed by atoms with Crippen LogP contribution in [0.2, 0.25) is 0 Å². The Balaban J connectivity index is 2.73. The van der Waals surface area contributed by atoms with Gasteiger partial charge in [-0.05, 0) is 39.7 Å². The second-order valence-corrected chi connectivity index (χ2v) is 4.36. The summed E-state index contributed by atoms with van der Waals surface area (Å²) in [4.78, 5) is 0. The highest BCUT2D eigenvalue weighted by Crippen LogP contribution is 2.38. The Morgan fingerprint density at radius 1 is 1.22 bits per heavy atom. The largest absolute Gasteiger partial charge is 0.506 e. The summed E-state index contributed by atoms with van der Waals surface area (Å²) < 4.78 is 26.4. The second-order valence-electron chi connectivity index (χ2n) is 3.57. The number of phenols is 1. The van der Waals surface area contributed by atoms with Gasteiger partial charge < -0.3 is 5.11 Å². The maximum Gasteiger partial charge on any atom is 0.158 e. The van der Waals surface area contributed by atoms with Gasteiger partial charge in [0, 0.05) is 5.56 Å². The van der Waals surface area contributed by atoms with Gasteiger partial charge >= 0.3 is 0 Å². The van der Waals surface area contributed by atoms with Gasteiger partial charge in [-0.2, -0.15) is 5.26 Å². The monoisotopic (exact) mass is 309 g/mol. The van der Waals surface area contributed by atoms with E-state index < -0.39 is 11.6 Å². The van der Waals surface area contributed by atoms with Crippen LogP contribution in [0.4, 0.5) is 8.78 Å². The van der Waals surface area contributed by atoms with Crippen LogP contribution in [0.25, 0.3) is 11.1 Å². The molecule has 0 aliphatic carbocycles. The molecule has 0 unspecified atom stereocenters. The van der Waals surface area contributed by atoms with Crippen LogP contribution in [0.3, 0.4) is 0 Å². The molecule has 0 fully saturated rings. The molecule has 0 radical (unpaired) electrons. The number of nitriles is 1. The topological polar surface area (TPSA) is 44.0 Å². The van der Waals surface area contributed by atoms with E-state index in [1.807, 2.05) is 0 Å². The van der Waals surface area contributed by atoms with Crippen molar-refractivity contribution in [2.45, 2.75) is 0 Å². The fourth-order valence-corrected chi connectivity index (χ4v) is 2.00. The zero-order valence-electron chi connectivity index (χ0n) is 8.92. The molecule has 0 aromatic heterocycles. The highest BCUT2D eigenvalue weighted by atomic mass is 79.9. The Labute approximate surface area is 110 Å². The van der Waals surface area contributed by atoms with Crippen molar-refractivity contribution in [3.63, 3.8) is 0 Å². The van der Waals surface area contributed by atoms with Gasteiger partial charge in [0.25, 0.3) is 0 Å². The van der Waals surface area contributed by atoms with E-state index in [9.17, 15) is 13.9 Å². The first-order valence-electron chi connectivity index (χ1n) is 4.91. The third kappa shape index (κ3) is 2.07. The highest BCUT2D eigenvalue weighted by Gasteiger charge is 2.17. The van der Waals surface area contributed by atoms with Crippen LogP contribution in [-0.2, 0) is 0 Å². The minimum Gasteiger partial charge on any atom is -0.506 e. The molecule has 0 saturated carbocycles. The number of benzene rings is 2. The third-order valence-corrected chi connectivity index (χ3v) is 3.16. The quantitative estimate of drug-likeness (QED) is 0.866. The lowest BCUT2D eigenvalue weighted by molar-refractivity contribution is 0.466. The molecule has 0 bridgehead atoms. The van der Waals surface area contributed by atoms with E-state index in [0.717, 1.165) is 0 Å². The molecule has 18 heavy (non-hydrogen) atoms. The Morgan fingerprint density at radius 3 is 2.56 bits per heavy atom. The maximum atomic E-state index is 13.5. The first kappa shape index (κ1) is 12.5. The molecule has 5 heteroatoms. The lowest BCUT2D eigenvalue weighted by Crippen LogP contribution is -1.90. The molecule has 0 heterocycles. The molecule has 0 atom stereocenters. The summed E-state index contributed by atoms with van der Waals surface area (Å²) >= 11 is 2.87. The van der Waals surface area contributed by atoms with Gasteiger partial charge in [-0.3, -0.25) is 0 Å². The van der Waals surface area contributed by atoms with Gasteiger partial charge in [-0.1, -0.05) is 12.1 Å². The van der Waals surface area contributed by atoms with Gasteiger partial charge in [0.2, 0.25) is 0 Å². The van der Waals surface area contributed by atoms with Gasteiger partial charge in [0.05, 0.1) is 10.0 Å². The van der Waals surface area contributed by atoms with Crippen molar-refractivity contribution in [1.82, 2.24) is 0 Å². The van der Waals surface area contributed by atoms with Gasteiger partial charge in [0.15, 0.2) is 5.82 Å². The molecular weight excluding hydrogens is 304 g/mol. The zero-order valence-corrected chi connectivity index (χ0v) is 10.5. The number of rotatable bonds is 1. The Hall–Kier alpha value is -1.93. The van der Waals surface area contributed by atoms with E-state index in [1.54, 1.807) is 12.1 Å². The molecule has 90 valence electrons. The van der Waals surface area contributed by atoms with Crippen LogP contribution in [0.1, 0.15) is 5.56 Å². The molecule has 0 spiro atoms. The summed E-state index contributed by atoms with van der Waals surface area (Å²) in [7, 11) is 0. The van der Waals surface area contributed by atoms with E-state index in [-0.39, 0.29) is 21.3 Å². The predicted molar refractivity (Wildman–Crippen MR) is 65.9 cm³/mol. The Morgan fingerprint density at radius 2 is 1.94 bits per heavy atom. The summed E-state index contributed by atoms with van der Waals surface area (Å²) in [6.07, 6.45) is 0. The van der Waals surface area contributed by atoms with Crippen molar-refractivity contribution in [3.8, 4) is 22.9 Å². The normalized spacial score (nSPS) is 10.1. The molecule has 2 aromatic carbocycles. The summed E-state index contributed by atoms with van der Waals surface area (Å²) in [5.74, 6) is -1.68. The van der Waals surface area contributed by atoms with E-state index in [1.165, 1.54) is 24.3 Å². The van der Waals surface area contributed by atoms with Gasteiger partial charge in [0.1, 0.15) is 17.6 Å². The number of hydrogen-bond acceptors (Lipinski definition) is 2. The van der Waals surface area contributed by atoms with E-state index >= 15 is 0 Å². The number of aromatic hydroxyl groups is 1. The van der Waals surface area contributed by atoms with Crippen molar-refractivity contribution < 1.29 is 13.9 Å². The average Bonchev–Trinajstić information content (AvgIpc) is 2.36. The smallest absolute Gasteiger partial charge is 0.158 e. The minimum atomic E-state index is -0.838. The van der Waals surface area contributed by atoms with E-state index in [0.29, 0.717) is 5.56 Å². The fourth-order valence-electron chi connectivity index (χ4n) is 1.57.